The van der Waals surface area contributed by atoms with Crippen molar-refractivity contribution in [2.45, 2.75) is 65.0 Å². The third-order valence-electron chi connectivity index (χ3n) is 7.21. The Labute approximate surface area is 233 Å². The SMILES string of the molecule is COc1ccc(CN2Cc3sc(N)c(C(=O)OC(C)(C)C)c3CC2C(=O)N2Cc3cccc(OC)c3C2)cc1. The number of amides is 1. The van der Waals surface area contributed by atoms with Gasteiger partial charge in [0.25, 0.3) is 0 Å². The first-order valence-corrected chi connectivity index (χ1v) is 13.8. The topological polar surface area (TPSA) is 94.3 Å². The van der Waals surface area contributed by atoms with Crippen molar-refractivity contribution in [3.8, 4) is 11.5 Å². The lowest BCUT2D eigenvalue weighted by Gasteiger charge is -2.37. The van der Waals surface area contributed by atoms with Crippen molar-refractivity contribution < 1.29 is 23.8 Å². The number of ether oxygens (including phenoxy) is 3. The number of methoxy groups -OCH3 is 2. The zero-order valence-corrected chi connectivity index (χ0v) is 23.9. The minimum atomic E-state index is -0.650. The van der Waals surface area contributed by atoms with E-state index in [2.05, 4.69) is 4.90 Å². The molecule has 2 N–H and O–H groups in total. The highest BCUT2D eigenvalue weighted by Crippen LogP contribution is 2.40. The average molecular weight is 550 g/mol. The summed E-state index contributed by atoms with van der Waals surface area (Å²) >= 11 is 1.41. The molecule has 5 rings (SSSR count). The number of hydrogen-bond acceptors (Lipinski definition) is 8. The van der Waals surface area contributed by atoms with Crippen molar-refractivity contribution in [3.63, 3.8) is 0 Å². The van der Waals surface area contributed by atoms with Gasteiger partial charge in [-0.15, -0.1) is 11.3 Å². The summed E-state index contributed by atoms with van der Waals surface area (Å²) in [6, 6.07) is 13.3. The van der Waals surface area contributed by atoms with Crippen molar-refractivity contribution in [2.24, 2.45) is 0 Å². The molecule has 0 radical (unpaired) electrons. The summed E-state index contributed by atoms with van der Waals surface area (Å²) in [5.74, 6) is 1.16. The fourth-order valence-corrected chi connectivity index (χ4v) is 6.48. The van der Waals surface area contributed by atoms with Gasteiger partial charge in [-0.05, 0) is 62.1 Å². The maximum absolute atomic E-state index is 14.2. The number of thiophene rings is 1. The average Bonchev–Trinajstić information content (AvgIpc) is 3.47. The molecule has 9 heteroatoms. The van der Waals surface area contributed by atoms with Gasteiger partial charge < -0.3 is 24.8 Å². The molecule has 1 aromatic heterocycles. The molecular formula is C30H35N3O5S. The first kappa shape index (κ1) is 27.0. The largest absolute Gasteiger partial charge is 0.497 e. The molecular weight excluding hydrogens is 514 g/mol. The highest BCUT2D eigenvalue weighted by Gasteiger charge is 2.40. The normalized spacial score (nSPS) is 16.9. The molecule has 39 heavy (non-hydrogen) atoms. The second-order valence-corrected chi connectivity index (χ2v) is 12.1. The van der Waals surface area contributed by atoms with E-state index < -0.39 is 17.6 Å². The number of nitrogens with zero attached hydrogens (tertiary/aromatic N) is 2. The predicted octanol–water partition coefficient (Wildman–Crippen LogP) is 4.77. The zero-order chi connectivity index (χ0) is 27.9. The van der Waals surface area contributed by atoms with Gasteiger partial charge in [-0.25, -0.2) is 4.79 Å². The molecule has 1 amide bonds. The van der Waals surface area contributed by atoms with Crippen molar-refractivity contribution in [2.75, 3.05) is 20.0 Å². The predicted molar refractivity (Wildman–Crippen MR) is 151 cm³/mol. The maximum Gasteiger partial charge on any atom is 0.341 e. The summed E-state index contributed by atoms with van der Waals surface area (Å²) in [5.41, 5.74) is 10.2. The van der Waals surface area contributed by atoms with Crippen LogP contribution in [0.5, 0.6) is 11.5 Å². The van der Waals surface area contributed by atoms with Gasteiger partial charge in [-0.1, -0.05) is 24.3 Å². The van der Waals surface area contributed by atoms with Crippen LogP contribution in [0.3, 0.4) is 0 Å². The molecule has 0 fully saturated rings. The van der Waals surface area contributed by atoms with E-state index >= 15 is 0 Å². The van der Waals surface area contributed by atoms with Crippen LogP contribution in [0, 0.1) is 0 Å². The highest BCUT2D eigenvalue weighted by molar-refractivity contribution is 7.16. The van der Waals surface area contributed by atoms with Crippen LogP contribution in [-0.4, -0.2) is 47.5 Å². The molecule has 2 aliphatic heterocycles. The number of benzene rings is 2. The van der Waals surface area contributed by atoms with Crippen LogP contribution < -0.4 is 15.2 Å². The smallest absolute Gasteiger partial charge is 0.341 e. The van der Waals surface area contributed by atoms with E-state index in [-0.39, 0.29) is 5.91 Å². The summed E-state index contributed by atoms with van der Waals surface area (Å²) < 4.78 is 16.6. The zero-order valence-electron chi connectivity index (χ0n) is 23.1. The van der Waals surface area contributed by atoms with Crippen LogP contribution in [0.4, 0.5) is 5.00 Å². The van der Waals surface area contributed by atoms with Crippen LogP contribution in [0.15, 0.2) is 42.5 Å². The van der Waals surface area contributed by atoms with Gasteiger partial charge in [-0.2, -0.15) is 0 Å². The van der Waals surface area contributed by atoms with Gasteiger partial charge in [0.15, 0.2) is 0 Å². The third-order valence-corrected chi connectivity index (χ3v) is 8.25. The van der Waals surface area contributed by atoms with Crippen LogP contribution in [-0.2, 0) is 42.1 Å². The molecule has 206 valence electrons. The van der Waals surface area contributed by atoms with Crippen LogP contribution in [0.1, 0.15) is 58.3 Å². The monoisotopic (exact) mass is 549 g/mol. The molecule has 0 saturated carbocycles. The quantitative estimate of drug-likeness (QED) is 0.443. The standard InChI is InChI=1S/C30H35N3O5S/c1-30(2,3)38-29(35)26-21-13-23(28(34)33-15-19-7-6-8-24(37-5)22(19)16-33)32(17-25(21)39-27(26)31)14-18-9-11-20(36-4)12-10-18/h6-12,23H,13-17,31H2,1-5H3. The van der Waals surface area contributed by atoms with Gasteiger partial charge in [0, 0.05) is 30.1 Å². The van der Waals surface area contributed by atoms with Crippen molar-refractivity contribution >= 4 is 28.2 Å². The van der Waals surface area contributed by atoms with E-state index in [1.165, 1.54) is 11.3 Å². The number of nitrogens with two attached hydrogens (primary N) is 1. The Kier molecular flexibility index (Phi) is 7.31. The maximum atomic E-state index is 14.2. The number of anilines is 1. The number of esters is 1. The van der Waals surface area contributed by atoms with E-state index in [0.717, 1.165) is 38.6 Å². The third kappa shape index (κ3) is 5.46. The van der Waals surface area contributed by atoms with Crippen molar-refractivity contribution in [3.05, 3.63) is 75.2 Å². The van der Waals surface area contributed by atoms with E-state index in [1.54, 1.807) is 14.2 Å². The summed E-state index contributed by atoms with van der Waals surface area (Å²) in [6.45, 7) is 7.61. The lowest BCUT2D eigenvalue weighted by atomic mass is 9.94. The molecule has 0 spiro atoms. The summed E-state index contributed by atoms with van der Waals surface area (Å²) in [4.78, 5) is 32.4. The Bertz CT molecular complexity index is 1390. The van der Waals surface area contributed by atoms with E-state index in [4.69, 9.17) is 19.9 Å². The summed E-state index contributed by atoms with van der Waals surface area (Å²) in [7, 11) is 3.29. The van der Waals surface area contributed by atoms with E-state index in [1.807, 2.05) is 68.1 Å². The summed E-state index contributed by atoms with van der Waals surface area (Å²) in [5, 5.41) is 0.435. The molecule has 2 aliphatic rings. The Morgan fingerprint density at radius 3 is 2.41 bits per heavy atom. The Balaban J connectivity index is 1.47. The fraction of sp³-hybridized carbons (Fsp3) is 0.400. The fourth-order valence-electron chi connectivity index (χ4n) is 5.37. The Morgan fingerprint density at radius 1 is 1.00 bits per heavy atom. The summed E-state index contributed by atoms with van der Waals surface area (Å²) in [6.07, 6.45) is 0.385. The minimum absolute atomic E-state index is 0.0207. The second kappa shape index (κ2) is 10.5. The number of carbonyl (C=O) groups is 2. The molecule has 0 saturated heterocycles. The molecule has 3 heterocycles. The first-order valence-electron chi connectivity index (χ1n) is 13.0. The van der Waals surface area contributed by atoms with Gasteiger partial charge >= 0.3 is 5.97 Å². The van der Waals surface area contributed by atoms with Crippen LogP contribution in [0.2, 0.25) is 0 Å². The second-order valence-electron chi connectivity index (χ2n) is 11.0. The van der Waals surface area contributed by atoms with Crippen LogP contribution in [0.25, 0.3) is 0 Å². The highest BCUT2D eigenvalue weighted by atomic mass is 32.1. The number of rotatable bonds is 6. The Hall–Kier alpha value is -3.56. The molecule has 1 atom stereocenters. The van der Waals surface area contributed by atoms with Gasteiger partial charge in [0.05, 0.1) is 32.4 Å². The minimum Gasteiger partial charge on any atom is -0.497 e. The van der Waals surface area contributed by atoms with Crippen molar-refractivity contribution in [1.82, 2.24) is 9.80 Å². The molecule has 0 aliphatic carbocycles. The number of carbonyl (C=O) groups excluding carboxylic acids is 2. The molecule has 1 unspecified atom stereocenters. The first-order chi connectivity index (χ1) is 18.6. The Morgan fingerprint density at radius 2 is 1.74 bits per heavy atom. The van der Waals surface area contributed by atoms with Gasteiger partial charge in [-0.3, -0.25) is 9.69 Å². The van der Waals surface area contributed by atoms with E-state index in [9.17, 15) is 9.59 Å². The lowest BCUT2D eigenvalue weighted by Crippen LogP contribution is -2.50. The number of hydrogen-bond donors (Lipinski definition) is 1. The van der Waals surface area contributed by atoms with Gasteiger partial charge in [0.1, 0.15) is 22.1 Å². The van der Waals surface area contributed by atoms with Crippen LogP contribution >= 0.6 is 11.3 Å². The van der Waals surface area contributed by atoms with Crippen molar-refractivity contribution in [1.29, 1.82) is 0 Å². The molecule has 8 nitrogen and oxygen atoms in total. The molecule has 2 aromatic carbocycles. The molecule has 3 aromatic rings. The van der Waals surface area contributed by atoms with E-state index in [0.29, 0.717) is 43.2 Å². The number of nitrogen functional groups attached to an aromatic ring is 1. The molecule has 0 bridgehead atoms. The van der Waals surface area contributed by atoms with Gasteiger partial charge in [0.2, 0.25) is 5.91 Å². The number of fused-ring (bicyclic) bond motifs is 2. The lowest BCUT2D eigenvalue weighted by molar-refractivity contribution is -0.138.